The van der Waals surface area contributed by atoms with E-state index in [0.29, 0.717) is 11.5 Å². The minimum atomic E-state index is 0.681. The Bertz CT molecular complexity index is 1190. The van der Waals surface area contributed by atoms with Crippen molar-refractivity contribution in [3.8, 4) is 28.5 Å². The number of aromatic nitrogens is 3. The number of aryl methyl sites for hydroxylation is 1. The number of nitrogens with zero attached hydrogens (tertiary/aromatic N) is 3. The lowest BCUT2D eigenvalue weighted by atomic mass is 10.1. The first-order valence-corrected chi connectivity index (χ1v) is 11.6. The highest BCUT2D eigenvalue weighted by Crippen LogP contribution is 2.32. The quantitative estimate of drug-likeness (QED) is 0.316. The van der Waals surface area contributed by atoms with E-state index in [2.05, 4.69) is 41.0 Å². The number of hydrogen-bond acceptors (Lipinski definition) is 6. The molecule has 0 radical (unpaired) electrons. The van der Waals surface area contributed by atoms with Crippen molar-refractivity contribution in [2.75, 3.05) is 33.2 Å². The normalized spacial score (nSPS) is 9.77. The molecule has 7 nitrogen and oxygen atoms in total. The molecule has 2 aromatic carbocycles. The van der Waals surface area contributed by atoms with Gasteiger partial charge in [-0.3, -0.25) is 0 Å². The molecule has 35 heavy (non-hydrogen) atoms. The molecule has 1 N–H and O–H groups in total. The van der Waals surface area contributed by atoms with Crippen molar-refractivity contribution in [1.29, 1.82) is 0 Å². The minimum absolute atomic E-state index is 0.681. The Labute approximate surface area is 208 Å². The van der Waals surface area contributed by atoms with Crippen LogP contribution in [-0.4, -0.2) is 42.5 Å². The van der Waals surface area contributed by atoms with Crippen LogP contribution >= 0.6 is 0 Å². The second-order valence-corrected chi connectivity index (χ2v) is 7.29. The number of allylic oxidation sites excluding steroid dienone is 1. The number of anilines is 1. The SMILES string of the molecule is C=CC.CCOc1ccc(CC)cc1.CNc1cc2nccc(-c3ccc(OC)c(OC)c3)n2n1. The molecule has 0 aliphatic rings. The lowest BCUT2D eigenvalue weighted by Gasteiger charge is -2.10. The van der Waals surface area contributed by atoms with Crippen molar-refractivity contribution in [3.63, 3.8) is 0 Å². The van der Waals surface area contributed by atoms with Crippen LogP contribution in [0.5, 0.6) is 17.2 Å². The van der Waals surface area contributed by atoms with Gasteiger partial charge in [0.2, 0.25) is 0 Å². The van der Waals surface area contributed by atoms with Gasteiger partial charge in [-0.05, 0) is 62.2 Å². The van der Waals surface area contributed by atoms with Crippen LogP contribution in [0, 0.1) is 0 Å². The number of ether oxygens (including phenoxy) is 3. The maximum atomic E-state index is 5.35. The van der Waals surface area contributed by atoms with Crippen molar-refractivity contribution in [1.82, 2.24) is 14.6 Å². The Morgan fingerprint density at radius 2 is 1.66 bits per heavy atom. The molecule has 7 heteroatoms. The van der Waals surface area contributed by atoms with Crippen LogP contribution in [0.2, 0.25) is 0 Å². The highest BCUT2D eigenvalue weighted by atomic mass is 16.5. The van der Waals surface area contributed by atoms with Crippen molar-refractivity contribution < 1.29 is 14.2 Å². The summed E-state index contributed by atoms with van der Waals surface area (Å²) in [5.41, 5.74) is 4.05. The summed E-state index contributed by atoms with van der Waals surface area (Å²) in [6.45, 7) is 10.1. The fourth-order valence-electron chi connectivity index (χ4n) is 3.22. The number of methoxy groups -OCH3 is 2. The zero-order valence-corrected chi connectivity index (χ0v) is 21.5. The van der Waals surface area contributed by atoms with E-state index in [1.165, 1.54) is 5.56 Å². The molecule has 186 valence electrons. The number of hydrogen-bond donors (Lipinski definition) is 1. The van der Waals surface area contributed by atoms with Crippen molar-refractivity contribution >= 4 is 11.5 Å². The second kappa shape index (κ2) is 14.3. The van der Waals surface area contributed by atoms with Crippen LogP contribution in [0.4, 0.5) is 5.82 Å². The summed E-state index contributed by atoms with van der Waals surface area (Å²) in [6, 6.07) is 17.8. The van der Waals surface area contributed by atoms with E-state index in [1.54, 1.807) is 31.0 Å². The summed E-state index contributed by atoms with van der Waals surface area (Å²) < 4.78 is 17.7. The average Bonchev–Trinajstić information content (AvgIpc) is 3.33. The van der Waals surface area contributed by atoms with Gasteiger partial charge in [-0.2, -0.15) is 0 Å². The molecule has 0 amide bonds. The number of benzene rings is 2. The zero-order valence-electron chi connectivity index (χ0n) is 21.5. The summed E-state index contributed by atoms with van der Waals surface area (Å²) in [7, 11) is 5.07. The standard InChI is InChI=1S/C15H16N4O2.C10H14O.C3H6/c1-16-14-9-15-17-7-6-11(19(15)18-14)10-4-5-12(20-2)13(8-10)21-3;1-3-9-5-7-10(8-6-9)11-4-2;1-3-2/h4-9H,1-3H3,(H,16,18);5-8H,3-4H2,1-2H3;3H,1H2,2H3. The number of nitrogens with one attached hydrogen (secondary N) is 1. The van der Waals surface area contributed by atoms with Crippen LogP contribution in [-0.2, 0) is 6.42 Å². The Kier molecular flexibility index (Phi) is 11.1. The largest absolute Gasteiger partial charge is 0.494 e. The molecule has 0 spiro atoms. The van der Waals surface area contributed by atoms with Gasteiger partial charge in [-0.25, -0.2) is 9.50 Å². The third-order valence-electron chi connectivity index (χ3n) is 4.94. The lowest BCUT2D eigenvalue weighted by Crippen LogP contribution is -1.97. The van der Waals surface area contributed by atoms with Crippen LogP contribution in [0.3, 0.4) is 0 Å². The third-order valence-corrected chi connectivity index (χ3v) is 4.94. The van der Waals surface area contributed by atoms with Gasteiger partial charge in [0.1, 0.15) is 5.75 Å². The van der Waals surface area contributed by atoms with Gasteiger partial charge in [0, 0.05) is 24.9 Å². The molecule has 4 aromatic rings. The number of rotatable bonds is 7. The fraction of sp³-hybridized carbons (Fsp3) is 0.286. The van der Waals surface area contributed by atoms with Crippen LogP contribution in [0.15, 0.2) is 73.4 Å². The molecule has 0 aliphatic heterocycles. The maximum Gasteiger partial charge on any atom is 0.161 e. The summed E-state index contributed by atoms with van der Waals surface area (Å²) in [6.07, 6.45) is 4.61. The Morgan fingerprint density at radius 1 is 0.971 bits per heavy atom. The van der Waals surface area contributed by atoms with E-state index in [0.717, 1.165) is 41.5 Å². The topological polar surface area (TPSA) is 69.9 Å². The summed E-state index contributed by atoms with van der Waals surface area (Å²) in [5.74, 6) is 3.11. The molecular formula is C28H36N4O3. The summed E-state index contributed by atoms with van der Waals surface area (Å²) >= 11 is 0. The average molecular weight is 477 g/mol. The Morgan fingerprint density at radius 3 is 2.23 bits per heavy atom. The van der Waals surface area contributed by atoms with Gasteiger partial charge in [-0.15, -0.1) is 11.7 Å². The first kappa shape index (κ1) is 27.2. The molecule has 0 unspecified atom stereocenters. The highest BCUT2D eigenvalue weighted by Gasteiger charge is 2.11. The van der Waals surface area contributed by atoms with Crippen molar-refractivity contribution in [2.45, 2.75) is 27.2 Å². The molecule has 0 fully saturated rings. The Balaban J connectivity index is 0.000000260. The monoisotopic (exact) mass is 476 g/mol. The molecule has 0 saturated heterocycles. The van der Waals surface area contributed by atoms with Gasteiger partial charge in [0.25, 0.3) is 0 Å². The van der Waals surface area contributed by atoms with Crippen LogP contribution in [0.25, 0.3) is 16.9 Å². The first-order chi connectivity index (χ1) is 17.0. The van der Waals surface area contributed by atoms with E-state index in [9.17, 15) is 0 Å². The van der Waals surface area contributed by atoms with E-state index >= 15 is 0 Å². The van der Waals surface area contributed by atoms with Crippen LogP contribution in [0.1, 0.15) is 26.3 Å². The molecular weight excluding hydrogens is 440 g/mol. The zero-order chi connectivity index (χ0) is 25.6. The minimum Gasteiger partial charge on any atom is -0.494 e. The van der Waals surface area contributed by atoms with Gasteiger partial charge in [-0.1, -0.05) is 25.1 Å². The van der Waals surface area contributed by atoms with Gasteiger partial charge in [0.05, 0.1) is 26.5 Å². The van der Waals surface area contributed by atoms with E-state index in [4.69, 9.17) is 14.2 Å². The summed E-state index contributed by atoms with van der Waals surface area (Å²) in [4.78, 5) is 4.32. The molecule has 0 atom stereocenters. The lowest BCUT2D eigenvalue weighted by molar-refractivity contribution is 0.340. The fourth-order valence-corrected chi connectivity index (χ4v) is 3.22. The second-order valence-electron chi connectivity index (χ2n) is 7.29. The Hall–Kier alpha value is -4.00. The molecule has 2 heterocycles. The molecule has 2 aromatic heterocycles. The van der Waals surface area contributed by atoms with E-state index < -0.39 is 0 Å². The van der Waals surface area contributed by atoms with Crippen molar-refractivity contribution in [3.05, 3.63) is 79.0 Å². The van der Waals surface area contributed by atoms with Gasteiger partial charge < -0.3 is 19.5 Å². The van der Waals surface area contributed by atoms with Gasteiger partial charge in [0.15, 0.2) is 23.0 Å². The molecule has 0 saturated carbocycles. The predicted molar refractivity (Wildman–Crippen MR) is 144 cm³/mol. The van der Waals surface area contributed by atoms with Crippen molar-refractivity contribution in [2.24, 2.45) is 0 Å². The van der Waals surface area contributed by atoms with Gasteiger partial charge >= 0.3 is 0 Å². The molecule has 0 bridgehead atoms. The summed E-state index contributed by atoms with van der Waals surface area (Å²) in [5, 5.41) is 7.50. The first-order valence-electron chi connectivity index (χ1n) is 11.6. The van der Waals surface area contributed by atoms with E-state index in [1.807, 2.05) is 63.4 Å². The maximum absolute atomic E-state index is 5.35. The molecule has 0 aliphatic carbocycles. The number of fused-ring (bicyclic) bond motifs is 1. The third kappa shape index (κ3) is 7.50. The van der Waals surface area contributed by atoms with Crippen LogP contribution < -0.4 is 19.5 Å². The smallest absolute Gasteiger partial charge is 0.161 e. The highest BCUT2D eigenvalue weighted by molar-refractivity contribution is 5.67. The molecule has 4 rings (SSSR count). The predicted octanol–water partition coefficient (Wildman–Crippen LogP) is 6.30. The van der Waals surface area contributed by atoms with E-state index in [-0.39, 0.29) is 0 Å².